The van der Waals surface area contributed by atoms with Crippen LogP contribution in [0, 0.1) is 0 Å². The van der Waals surface area contributed by atoms with Gasteiger partial charge in [-0.1, -0.05) is 20.3 Å². The van der Waals surface area contributed by atoms with E-state index in [-0.39, 0.29) is 11.6 Å². The van der Waals surface area contributed by atoms with Crippen molar-refractivity contribution in [2.45, 2.75) is 40.0 Å². The molecule has 12 heavy (non-hydrogen) atoms. The standard InChI is InChI=1S/C5H8O2.C4H10O/c1-3-5(7)4(2)6;1-2-3-4-5/h3H2,1-2H3;5H,2-4H2,1H3. The van der Waals surface area contributed by atoms with Gasteiger partial charge in [0, 0.05) is 20.0 Å². The highest BCUT2D eigenvalue weighted by molar-refractivity contribution is 6.36. The van der Waals surface area contributed by atoms with Crippen LogP contribution in [0.4, 0.5) is 0 Å². The Morgan fingerprint density at radius 2 is 1.75 bits per heavy atom. The quantitative estimate of drug-likeness (QED) is 0.654. The molecule has 0 aromatic carbocycles. The van der Waals surface area contributed by atoms with Gasteiger partial charge in [-0.25, -0.2) is 0 Å². The third-order valence-corrected chi connectivity index (χ3v) is 1.23. The zero-order chi connectivity index (χ0) is 9.98. The number of hydrogen-bond acceptors (Lipinski definition) is 3. The minimum absolute atomic E-state index is 0.292. The summed E-state index contributed by atoms with van der Waals surface area (Å²) < 4.78 is 0. The summed E-state index contributed by atoms with van der Waals surface area (Å²) in [7, 11) is 0. The van der Waals surface area contributed by atoms with Crippen LogP contribution >= 0.6 is 0 Å². The van der Waals surface area contributed by atoms with Crippen LogP contribution < -0.4 is 0 Å². The number of unbranched alkanes of at least 4 members (excludes halogenated alkanes) is 1. The van der Waals surface area contributed by atoms with Gasteiger partial charge >= 0.3 is 0 Å². The van der Waals surface area contributed by atoms with Gasteiger partial charge in [-0.2, -0.15) is 0 Å². The average molecular weight is 174 g/mol. The van der Waals surface area contributed by atoms with Crippen molar-refractivity contribution in [3.8, 4) is 0 Å². The smallest absolute Gasteiger partial charge is 0.197 e. The molecule has 0 fully saturated rings. The monoisotopic (exact) mass is 174 g/mol. The lowest BCUT2D eigenvalue weighted by molar-refractivity contribution is -0.135. The molecule has 0 bridgehead atoms. The topological polar surface area (TPSA) is 54.4 Å². The Hall–Kier alpha value is -0.700. The van der Waals surface area contributed by atoms with Crippen LogP contribution in [-0.4, -0.2) is 23.3 Å². The first-order chi connectivity index (χ1) is 5.59. The minimum atomic E-state index is -0.345. The number of aliphatic hydroxyl groups is 1. The van der Waals surface area contributed by atoms with Crippen molar-refractivity contribution in [2.24, 2.45) is 0 Å². The van der Waals surface area contributed by atoms with Crippen molar-refractivity contribution in [1.82, 2.24) is 0 Å². The Morgan fingerprint density at radius 3 is 1.75 bits per heavy atom. The molecule has 72 valence electrons. The van der Waals surface area contributed by atoms with E-state index in [9.17, 15) is 9.59 Å². The third kappa shape index (κ3) is 12.0. The molecule has 0 aromatic heterocycles. The fourth-order valence-electron chi connectivity index (χ4n) is 0.407. The molecule has 0 unspecified atom stereocenters. The van der Waals surface area contributed by atoms with Crippen molar-refractivity contribution in [1.29, 1.82) is 0 Å². The summed E-state index contributed by atoms with van der Waals surface area (Å²) in [5.74, 6) is -0.637. The summed E-state index contributed by atoms with van der Waals surface area (Å²) in [6, 6.07) is 0. The Morgan fingerprint density at radius 1 is 1.25 bits per heavy atom. The first-order valence-electron chi connectivity index (χ1n) is 4.24. The maximum atomic E-state index is 10.2. The lowest BCUT2D eigenvalue weighted by atomic mass is 10.2. The molecule has 3 nitrogen and oxygen atoms in total. The van der Waals surface area contributed by atoms with Gasteiger partial charge in [-0.3, -0.25) is 9.59 Å². The van der Waals surface area contributed by atoms with E-state index < -0.39 is 0 Å². The molecule has 0 atom stereocenters. The molecule has 0 heterocycles. The largest absolute Gasteiger partial charge is 0.396 e. The predicted molar refractivity (Wildman–Crippen MR) is 48.0 cm³/mol. The number of rotatable bonds is 4. The van der Waals surface area contributed by atoms with Gasteiger partial charge in [-0.15, -0.1) is 0 Å². The van der Waals surface area contributed by atoms with Crippen molar-refractivity contribution in [2.75, 3.05) is 6.61 Å². The maximum Gasteiger partial charge on any atom is 0.197 e. The van der Waals surface area contributed by atoms with E-state index >= 15 is 0 Å². The molecule has 0 saturated heterocycles. The molecule has 1 N–H and O–H groups in total. The maximum absolute atomic E-state index is 10.2. The highest BCUT2D eigenvalue weighted by Gasteiger charge is 2.00. The van der Waals surface area contributed by atoms with Gasteiger partial charge in [0.2, 0.25) is 0 Å². The van der Waals surface area contributed by atoms with Gasteiger partial charge in [0.05, 0.1) is 0 Å². The van der Waals surface area contributed by atoms with Gasteiger partial charge < -0.3 is 5.11 Å². The summed E-state index contributed by atoms with van der Waals surface area (Å²) in [6.07, 6.45) is 2.37. The van der Waals surface area contributed by atoms with Gasteiger partial charge in [0.15, 0.2) is 11.6 Å². The van der Waals surface area contributed by atoms with Crippen LogP contribution in [0.2, 0.25) is 0 Å². The first kappa shape index (κ1) is 13.9. The van der Waals surface area contributed by atoms with E-state index in [0.717, 1.165) is 12.8 Å². The number of ketones is 2. The van der Waals surface area contributed by atoms with Crippen LogP contribution in [0.3, 0.4) is 0 Å². The molecule has 0 aliphatic heterocycles. The second-order valence-corrected chi connectivity index (χ2v) is 2.41. The summed E-state index contributed by atoms with van der Waals surface area (Å²) in [6.45, 7) is 5.35. The molecule has 0 rings (SSSR count). The molecule has 0 aromatic rings. The van der Waals surface area contributed by atoms with E-state index in [2.05, 4.69) is 6.92 Å². The minimum Gasteiger partial charge on any atom is -0.396 e. The zero-order valence-corrected chi connectivity index (χ0v) is 8.09. The predicted octanol–water partition coefficient (Wildman–Crippen LogP) is 1.33. The Balaban J connectivity index is 0. The zero-order valence-electron chi connectivity index (χ0n) is 8.09. The van der Waals surface area contributed by atoms with E-state index in [1.165, 1.54) is 6.92 Å². The van der Waals surface area contributed by atoms with Gasteiger partial charge in [-0.05, 0) is 6.42 Å². The molecular weight excluding hydrogens is 156 g/mol. The van der Waals surface area contributed by atoms with Crippen molar-refractivity contribution in [3.63, 3.8) is 0 Å². The molecule has 0 amide bonds. The molecule has 0 spiro atoms. The number of Topliss-reactive ketones (excluding diaryl/α,β-unsaturated/α-hetero) is 2. The highest BCUT2D eigenvalue weighted by atomic mass is 16.2. The SMILES string of the molecule is CCC(=O)C(C)=O.CCCCO. The van der Waals surface area contributed by atoms with Gasteiger partial charge in [0.25, 0.3) is 0 Å². The van der Waals surface area contributed by atoms with Gasteiger partial charge in [0.1, 0.15) is 0 Å². The molecule has 0 aliphatic rings. The number of carbonyl (C=O) groups is 2. The lowest BCUT2D eigenvalue weighted by Gasteiger charge is -1.81. The van der Waals surface area contributed by atoms with Crippen LogP contribution in [0.1, 0.15) is 40.0 Å². The highest BCUT2D eigenvalue weighted by Crippen LogP contribution is 1.79. The summed E-state index contributed by atoms with van der Waals surface area (Å²) in [5.41, 5.74) is 0. The van der Waals surface area contributed by atoms with Crippen LogP contribution in [0.15, 0.2) is 0 Å². The Kier molecular flexibility index (Phi) is 11.9. The van der Waals surface area contributed by atoms with E-state index in [0.29, 0.717) is 13.0 Å². The first-order valence-corrected chi connectivity index (χ1v) is 4.24. The fraction of sp³-hybridized carbons (Fsp3) is 0.778. The van der Waals surface area contributed by atoms with Crippen LogP contribution in [0.5, 0.6) is 0 Å². The van der Waals surface area contributed by atoms with Crippen molar-refractivity contribution in [3.05, 3.63) is 0 Å². The molecule has 0 saturated carbocycles. The number of carbonyl (C=O) groups excluding carboxylic acids is 2. The normalized spacial score (nSPS) is 8.33. The summed E-state index contributed by atoms with van der Waals surface area (Å²) in [4.78, 5) is 20.2. The lowest BCUT2D eigenvalue weighted by Crippen LogP contribution is -2.06. The second kappa shape index (κ2) is 10.3. The van der Waals surface area contributed by atoms with Crippen molar-refractivity contribution >= 4 is 11.6 Å². The molecular formula is C9H18O3. The van der Waals surface area contributed by atoms with E-state index in [1.807, 2.05) is 0 Å². The second-order valence-electron chi connectivity index (χ2n) is 2.41. The van der Waals surface area contributed by atoms with Crippen LogP contribution in [-0.2, 0) is 9.59 Å². The van der Waals surface area contributed by atoms with E-state index in [1.54, 1.807) is 6.92 Å². The molecule has 3 heteroatoms. The van der Waals surface area contributed by atoms with Crippen LogP contribution in [0.25, 0.3) is 0 Å². The molecule has 0 radical (unpaired) electrons. The number of aliphatic hydroxyl groups excluding tert-OH is 1. The fourth-order valence-corrected chi connectivity index (χ4v) is 0.407. The summed E-state index contributed by atoms with van der Waals surface area (Å²) in [5, 5.41) is 8.07. The summed E-state index contributed by atoms with van der Waals surface area (Å²) >= 11 is 0. The average Bonchev–Trinajstić information content (AvgIpc) is 2.05. The van der Waals surface area contributed by atoms with Crippen molar-refractivity contribution < 1.29 is 14.7 Å². The Labute approximate surface area is 73.8 Å². The Bertz CT molecular complexity index is 128. The van der Waals surface area contributed by atoms with E-state index in [4.69, 9.17) is 5.11 Å². The third-order valence-electron chi connectivity index (χ3n) is 1.23. The molecule has 0 aliphatic carbocycles. The number of hydrogen-bond donors (Lipinski definition) is 1.